The Morgan fingerprint density at radius 3 is 2.47 bits per heavy atom. The first-order chi connectivity index (χ1) is 7.31. The van der Waals surface area contributed by atoms with E-state index in [0.29, 0.717) is 19.6 Å². The second-order valence-corrected chi connectivity index (χ2v) is 3.84. The number of unbranched alkanes of at least 4 members (excludes halogenated alkanes) is 5. The number of ether oxygens (including phenoxy) is 1. The first-order valence-corrected chi connectivity index (χ1v) is 6.11. The highest BCUT2D eigenvalue weighted by Gasteiger charge is 2.00. The number of hydrogen-bond acceptors (Lipinski definition) is 3. The predicted octanol–water partition coefficient (Wildman–Crippen LogP) is 2.50. The van der Waals surface area contributed by atoms with Crippen molar-refractivity contribution in [1.29, 1.82) is 0 Å². The van der Waals surface area contributed by atoms with Crippen LogP contribution in [0.15, 0.2) is 0 Å². The highest BCUT2D eigenvalue weighted by molar-refractivity contribution is 5.69. The molecule has 0 bridgehead atoms. The molecular weight excluding hydrogens is 190 g/mol. The molecule has 0 radical (unpaired) electrons. The molecule has 3 heteroatoms. The van der Waals surface area contributed by atoms with Gasteiger partial charge < -0.3 is 10.1 Å². The molecule has 0 aliphatic heterocycles. The Bertz CT molecular complexity index is 149. The predicted molar refractivity (Wildman–Crippen MR) is 62.9 cm³/mol. The monoisotopic (exact) mass is 215 g/mol. The molecule has 0 rings (SSSR count). The van der Waals surface area contributed by atoms with Gasteiger partial charge in [-0.1, -0.05) is 39.0 Å². The third-order valence-electron chi connectivity index (χ3n) is 2.34. The van der Waals surface area contributed by atoms with Crippen LogP contribution in [-0.4, -0.2) is 26.2 Å². The average molecular weight is 215 g/mol. The van der Waals surface area contributed by atoms with E-state index in [4.69, 9.17) is 4.74 Å². The van der Waals surface area contributed by atoms with Crippen LogP contribution in [-0.2, 0) is 9.53 Å². The van der Waals surface area contributed by atoms with Gasteiger partial charge in [-0.15, -0.1) is 0 Å². The fraction of sp³-hybridized carbons (Fsp3) is 0.917. The molecule has 0 spiro atoms. The second-order valence-electron chi connectivity index (χ2n) is 3.84. The van der Waals surface area contributed by atoms with Crippen LogP contribution >= 0.6 is 0 Å². The second kappa shape index (κ2) is 11.5. The van der Waals surface area contributed by atoms with E-state index in [2.05, 4.69) is 12.2 Å². The van der Waals surface area contributed by atoms with E-state index in [0.717, 1.165) is 6.42 Å². The fourth-order valence-corrected chi connectivity index (χ4v) is 1.37. The summed E-state index contributed by atoms with van der Waals surface area (Å²) in [7, 11) is 1.83. The third-order valence-corrected chi connectivity index (χ3v) is 2.34. The number of rotatable bonds is 10. The quantitative estimate of drug-likeness (QED) is 0.449. The zero-order chi connectivity index (χ0) is 11.4. The Labute approximate surface area is 93.6 Å². The molecule has 15 heavy (non-hydrogen) atoms. The molecule has 0 aromatic carbocycles. The van der Waals surface area contributed by atoms with E-state index >= 15 is 0 Å². The van der Waals surface area contributed by atoms with Gasteiger partial charge in [-0.2, -0.15) is 0 Å². The highest BCUT2D eigenvalue weighted by atomic mass is 16.5. The summed E-state index contributed by atoms with van der Waals surface area (Å²) in [6.45, 7) is 3.51. The summed E-state index contributed by atoms with van der Waals surface area (Å²) < 4.78 is 5.07. The van der Waals surface area contributed by atoms with Crippen LogP contribution in [0.2, 0.25) is 0 Å². The van der Waals surface area contributed by atoms with E-state index in [1.165, 1.54) is 32.1 Å². The number of hydrogen-bond donors (Lipinski definition) is 1. The maximum Gasteiger partial charge on any atom is 0.307 e. The standard InChI is InChI=1S/C12H25NO2/c1-3-4-5-6-7-8-11-15-12(14)9-10-13-2/h13H,3-11H2,1-2H3. The zero-order valence-electron chi connectivity index (χ0n) is 10.2. The Morgan fingerprint density at radius 2 is 1.80 bits per heavy atom. The van der Waals surface area contributed by atoms with Gasteiger partial charge in [-0.3, -0.25) is 4.79 Å². The molecule has 0 aromatic heterocycles. The van der Waals surface area contributed by atoms with Crippen molar-refractivity contribution >= 4 is 5.97 Å². The van der Waals surface area contributed by atoms with Crippen LogP contribution in [0.25, 0.3) is 0 Å². The molecule has 0 fully saturated rings. The summed E-state index contributed by atoms with van der Waals surface area (Å²) in [5.74, 6) is -0.0853. The van der Waals surface area contributed by atoms with E-state index in [9.17, 15) is 4.79 Å². The lowest BCUT2D eigenvalue weighted by molar-refractivity contribution is -0.143. The van der Waals surface area contributed by atoms with Gasteiger partial charge in [-0.25, -0.2) is 0 Å². The van der Waals surface area contributed by atoms with Crippen molar-refractivity contribution in [3.8, 4) is 0 Å². The molecule has 0 saturated carbocycles. The molecule has 3 nitrogen and oxygen atoms in total. The minimum atomic E-state index is -0.0853. The van der Waals surface area contributed by atoms with Gasteiger partial charge in [0.25, 0.3) is 0 Å². The lowest BCUT2D eigenvalue weighted by Crippen LogP contribution is -2.15. The van der Waals surface area contributed by atoms with Crippen LogP contribution in [0.3, 0.4) is 0 Å². The summed E-state index contributed by atoms with van der Waals surface area (Å²) >= 11 is 0. The normalized spacial score (nSPS) is 10.3. The molecule has 0 unspecified atom stereocenters. The van der Waals surface area contributed by atoms with Crippen LogP contribution in [0.4, 0.5) is 0 Å². The fourth-order valence-electron chi connectivity index (χ4n) is 1.37. The summed E-state index contributed by atoms with van der Waals surface area (Å²) in [5.41, 5.74) is 0. The van der Waals surface area contributed by atoms with Crippen LogP contribution < -0.4 is 5.32 Å². The SMILES string of the molecule is CCCCCCCCOC(=O)CCNC. The first kappa shape index (κ1) is 14.4. The molecule has 0 amide bonds. The average Bonchev–Trinajstić information content (AvgIpc) is 2.25. The smallest absolute Gasteiger partial charge is 0.307 e. The topological polar surface area (TPSA) is 38.3 Å². The number of nitrogens with one attached hydrogen (secondary N) is 1. The van der Waals surface area contributed by atoms with Crippen LogP contribution in [0.5, 0.6) is 0 Å². The van der Waals surface area contributed by atoms with Crippen LogP contribution in [0, 0.1) is 0 Å². The zero-order valence-corrected chi connectivity index (χ0v) is 10.2. The van der Waals surface area contributed by atoms with E-state index in [1.807, 2.05) is 7.05 Å². The minimum absolute atomic E-state index is 0.0853. The van der Waals surface area contributed by atoms with Crippen molar-refractivity contribution in [3.63, 3.8) is 0 Å². The van der Waals surface area contributed by atoms with Gasteiger partial charge in [-0.05, 0) is 13.5 Å². The first-order valence-electron chi connectivity index (χ1n) is 6.11. The molecule has 0 aliphatic carbocycles. The van der Waals surface area contributed by atoms with Crippen molar-refractivity contribution < 1.29 is 9.53 Å². The largest absolute Gasteiger partial charge is 0.466 e. The van der Waals surface area contributed by atoms with E-state index in [-0.39, 0.29) is 5.97 Å². The lowest BCUT2D eigenvalue weighted by Gasteiger charge is -2.04. The Kier molecular flexibility index (Phi) is 11.1. The van der Waals surface area contributed by atoms with Crippen molar-refractivity contribution in [3.05, 3.63) is 0 Å². The van der Waals surface area contributed by atoms with Gasteiger partial charge in [0.15, 0.2) is 0 Å². The molecule has 0 heterocycles. The van der Waals surface area contributed by atoms with E-state index < -0.39 is 0 Å². The molecular formula is C12H25NO2. The Morgan fingerprint density at radius 1 is 1.13 bits per heavy atom. The van der Waals surface area contributed by atoms with Crippen molar-refractivity contribution in [1.82, 2.24) is 5.32 Å². The lowest BCUT2D eigenvalue weighted by atomic mass is 10.1. The van der Waals surface area contributed by atoms with Gasteiger partial charge in [0.1, 0.15) is 0 Å². The maximum absolute atomic E-state index is 11.1. The van der Waals surface area contributed by atoms with Gasteiger partial charge in [0.05, 0.1) is 13.0 Å². The van der Waals surface area contributed by atoms with Gasteiger partial charge in [0, 0.05) is 6.54 Å². The van der Waals surface area contributed by atoms with Crippen LogP contribution in [0.1, 0.15) is 51.9 Å². The number of carbonyl (C=O) groups excluding carboxylic acids is 1. The molecule has 0 aliphatic rings. The van der Waals surface area contributed by atoms with Crippen molar-refractivity contribution in [2.45, 2.75) is 51.9 Å². The van der Waals surface area contributed by atoms with Gasteiger partial charge in [0.2, 0.25) is 0 Å². The van der Waals surface area contributed by atoms with E-state index in [1.54, 1.807) is 0 Å². The molecule has 90 valence electrons. The molecule has 0 aromatic rings. The maximum atomic E-state index is 11.1. The Hall–Kier alpha value is -0.570. The van der Waals surface area contributed by atoms with Gasteiger partial charge >= 0.3 is 5.97 Å². The molecule has 0 atom stereocenters. The summed E-state index contributed by atoms with van der Waals surface area (Å²) in [6, 6.07) is 0. The minimum Gasteiger partial charge on any atom is -0.466 e. The highest BCUT2D eigenvalue weighted by Crippen LogP contribution is 2.04. The molecule has 1 N–H and O–H groups in total. The molecule has 0 saturated heterocycles. The number of carbonyl (C=O) groups is 1. The van der Waals surface area contributed by atoms with Crippen molar-refractivity contribution in [2.75, 3.05) is 20.2 Å². The summed E-state index contributed by atoms with van der Waals surface area (Å²) in [6.07, 6.45) is 7.84. The Balaban J connectivity index is 3.06. The third kappa shape index (κ3) is 11.4. The van der Waals surface area contributed by atoms with Crippen molar-refractivity contribution in [2.24, 2.45) is 0 Å². The number of esters is 1. The summed E-state index contributed by atoms with van der Waals surface area (Å²) in [5, 5.41) is 2.92. The summed E-state index contributed by atoms with van der Waals surface area (Å²) in [4.78, 5) is 11.1.